The highest BCUT2D eigenvalue weighted by Gasteiger charge is 2.16. The van der Waals surface area contributed by atoms with Crippen LogP contribution in [-0.4, -0.2) is 10.9 Å². The standard InChI is InChI=1S/C19H16N2O2/c1-2-16(22)20-13-17-21-18(14-9-5-3-6-10-14)19(23-17)15-11-7-4-8-12-15/h2-12H,1,13H2,(H,20,22). The van der Waals surface area contributed by atoms with E-state index in [1.807, 2.05) is 60.7 Å². The molecule has 3 aromatic rings. The van der Waals surface area contributed by atoms with Crippen molar-refractivity contribution in [3.63, 3.8) is 0 Å². The third kappa shape index (κ3) is 3.37. The summed E-state index contributed by atoms with van der Waals surface area (Å²) in [6.45, 7) is 3.65. The molecule has 1 N–H and O–H groups in total. The van der Waals surface area contributed by atoms with E-state index in [2.05, 4.69) is 16.9 Å². The molecule has 1 heterocycles. The Hall–Kier alpha value is -3.14. The normalized spacial score (nSPS) is 10.3. The number of nitrogens with zero attached hydrogens (tertiary/aromatic N) is 1. The molecule has 4 nitrogen and oxygen atoms in total. The summed E-state index contributed by atoms with van der Waals surface area (Å²) in [6, 6.07) is 19.6. The van der Waals surface area contributed by atoms with Crippen molar-refractivity contribution in [2.24, 2.45) is 0 Å². The van der Waals surface area contributed by atoms with Gasteiger partial charge in [-0.25, -0.2) is 4.98 Å². The fourth-order valence-electron chi connectivity index (χ4n) is 2.25. The summed E-state index contributed by atoms with van der Waals surface area (Å²) >= 11 is 0. The molecule has 4 heteroatoms. The van der Waals surface area contributed by atoms with Crippen LogP contribution in [-0.2, 0) is 11.3 Å². The Kier molecular flexibility index (Phi) is 4.34. The zero-order chi connectivity index (χ0) is 16.1. The average molecular weight is 304 g/mol. The second-order valence-electron chi connectivity index (χ2n) is 4.94. The predicted octanol–water partition coefficient (Wildman–Crippen LogP) is 3.81. The van der Waals surface area contributed by atoms with E-state index in [-0.39, 0.29) is 12.5 Å². The van der Waals surface area contributed by atoms with Crippen molar-refractivity contribution >= 4 is 5.91 Å². The third-order valence-electron chi connectivity index (χ3n) is 3.35. The van der Waals surface area contributed by atoms with Crippen molar-refractivity contribution in [1.82, 2.24) is 10.3 Å². The lowest BCUT2D eigenvalue weighted by atomic mass is 10.1. The van der Waals surface area contributed by atoms with Gasteiger partial charge in [0.15, 0.2) is 5.76 Å². The molecule has 0 saturated carbocycles. The summed E-state index contributed by atoms with van der Waals surface area (Å²) in [7, 11) is 0. The highest BCUT2D eigenvalue weighted by atomic mass is 16.4. The lowest BCUT2D eigenvalue weighted by molar-refractivity contribution is -0.116. The number of hydrogen-bond acceptors (Lipinski definition) is 3. The number of rotatable bonds is 5. The van der Waals surface area contributed by atoms with Gasteiger partial charge in [0.2, 0.25) is 11.8 Å². The zero-order valence-corrected chi connectivity index (χ0v) is 12.5. The maximum Gasteiger partial charge on any atom is 0.243 e. The van der Waals surface area contributed by atoms with Crippen LogP contribution in [0, 0.1) is 0 Å². The Balaban J connectivity index is 2.00. The first-order chi connectivity index (χ1) is 11.3. The quantitative estimate of drug-likeness (QED) is 0.729. The summed E-state index contributed by atoms with van der Waals surface area (Å²) in [6.07, 6.45) is 1.22. The molecule has 0 aliphatic rings. The van der Waals surface area contributed by atoms with Gasteiger partial charge in [0.1, 0.15) is 5.69 Å². The van der Waals surface area contributed by atoms with E-state index in [9.17, 15) is 4.79 Å². The summed E-state index contributed by atoms with van der Waals surface area (Å²) in [5, 5.41) is 2.68. The fourth-order valence-corrected chi connectivity index (χ4v) is 2.25. The number of aromatic nitrogens is 1. The smallest absolute Gasteiger partial charge is 0.243 e. The Morgan fingerprint density at radius 2 is 1.65 bits per heavy atom. The minimum atomic E-state index is -0.259. The molecule has 114 valence electrons. The van der Waals surface area contributed by atoms with E-state index in [1.165, 1.54) is 6.08 Å². The molecule has 0 saturated heterocycles. The largest absolute Gasteiger partial charge is 0.438 e. The van der Waals surface area contributed by atoms with Crippen molar-refractivity contribution < 1.29 is 9.21 Å². The molecule has 1 aromatic heterocycles. The molecule has 0 aliphatic carbocycles. The van der Waals surface area contributed by atoms with Gasteiger partial charge in [-0.1, -0.05) is 67.2 Å². The van der Waals surface area contributed by atoms with Crippen molar-refractivity contribution in [3.05, 3.63) is 79.2 Å². The topological polar surface area (TPSA) is 55.1 Å². The van der Waals surface area contributed by atoms with Gasteiger partial charge in [-0.3, -0.25) is 4.79 Å². The predicted molar refractivity (Wildman–Crippen MR) is 89.4 cm³/mol. The number of benzene rings is 2. The molecule has 0 radical (unpaired) electrons. The van der Waals surface area contributed by atoms with Crippen LogP contribution < -0.4 is 5.32 Å². The van der Waals surface area contributed by atoms with E-state index in [0.717, 1.165) is 16.8 Å². The van der Waals surface area contributed by atoms with Gasteiger partial charge in [-0.05, 0) is 6.08 Å². The molecule has 0 fully saturated rings. The van der Waals surface area contributed by atoms with Crippen LogP contribution in [0.1, 0.15) is 5.89 Å². The first-order valence-electron chi connectivity index (χ1n) is 7.28. The monoisotopic (exact) mass is 304 g/mol. The van der Waals surface area contributed by atoms with Gasteiger partial charge < -0.3 is 9.73 Å². The van der Waals surface area contributed by atoms with Crippen LogP contribution in [0.4, 0.5) is 0 Å². The minimum Gasteiger partial charge on any atom is -0.438 e. The molecule has 0 atom stereocenters. The molecule has 1 amide bonds. The third-order valence-corrected chi connectivity index (χ3v) is 3.35. The first kappa shape index (κ1) is 14.8. The van der Waals surface area contributed by atoms with Gasteiger partial charge in [-0.2, -0.15) is 0 Å². The Morgan fingerprint density at radius 3 is 2.26 bits per heavy atom. The van der Waals surface area contributed by atoms with Crippen molar-refractivity contribution in [3.8, 4) is 22.6 Å². The van der Waals surface area contributed by atoms with Gasteiger partial charge in [0.25, 0.3) is 0 Å². The average Bonchev–Trinajstić information content (AvgIpc) is 3.05. The lowest BCUT2D eigenvalue weighted by Crippen LogP contribution is -2.20. The van der Waals surface area contributed by atoms with E-state index < -0.39 is 0 Å². The molecular weight excluding hydrogens is 288 g/mol. The Labute approximate surface area is 134 Å². The molecule has 0 aliphatic heterocycles. The SMILES string of the molecule is C=CC(=O)NCc1nc(-c2ccccc2)c(-c2ccccc2)o1. The molecule has 0 spiro atoms. The van der Waals surface area contributed by atoms with Crippen LogP contribution in [0.2, 0.25) is 0 Å². The second-order valence-corrected chi connectivity index (χ2v) is 4.94. The minimum absolute atomic E-state index is 0.220. The fraction of sp³-hybridized carbons (Fsp3) is 0.0526. The van der Waals surface area contributed by atoms with E-state index in [4.69, 9.17) is 4.42 Å². The highest BCUT2D eigenvalue weighted by molar-refractivity contribution is 5.86. The molecule has 23 heavy (non-hydrogen) atoms. The maximum atomic E-state index is 11.3. The number of carbonyl (C=O) groups is 1. The summed E-state index contributed by atoms with van der Waals surface area (Å²) in [5.74, 6) is 0.892. The van der Waals surface area contributed by atoms with E-state index in [0.29, 0.717) is 11.7 Å². The number of amides is 1. The summed E-state index contributed by atoms with van der Waals surface area (Å²) in [5.41, 5.74) is 2.68. The van der Waals surface area contributed by atoms with Crippen molar-refractivity contribution in [2.45, 2.75) is 6.54 Å². The van der Waals surface area contributed by atoms with Crippen LogP contribution >= 0.6 is 0 Å². The zero-order valence-electron chi connectivity index (χ0n) is 12.5. The number of oxazole rings is 1. The Bertz CT molecular complexity index is 751. The molecule has 0 unspecified atom stereocenters. The molecule has 3 rings (SSSR count). The molecule has 0 bridgehead atoms. The van der Waals surface area contributed by atoms with Crippen molar-refractivity contribution in [1.29, 1.82) is 0 Å². The second kappa shape index (κ2) is 6.75. The van der Waals surface area contributed by atoms with E-state index >= 15 is 0 Å². The van der Waals surface area contributed by atoms with Gasteiger partial charge in [-0.15, -0.1) is 0 Å². The summed E-state index contributed by atoms with van der Waals surface area (Å²) < 4.78 is 5.89. The Morgan fingerprint density at radius 1 is 1.04 bits per heavy atom. The maximum absolute atomic E-state index is 11.3. The van der Waals surface area contributed by atoms with Gasteiger partial charge in [0, 0.05) is 11.1 Å². The van der Waals surface area contributed by atoms with Crippen LogP contribution in [0.25, 0.3) is 22.6 Å². The molecular formula is C19H16N2O2. The number of nitrogens with one attached hydrogen (secondary N) is 1. The van der Waals surface area contributed by atoms with Crippen LogP contribution in [0.3, 0.4) is 0 Å². The highest BCUT2D eigenvalue weighted by Crippen LogP contribution is 2.32. The number of carbonyl (C=O) groups excluding carboxylic acids is 1. The van der Waals surface area contributed by atoms with Crippen molar-refractivity contribution in [2.75, 3.05) is 0 Å². The number of hydrogen-bond donors (Lipinski definition) is 1. The van der Waals surface area contributed by atoms with Crippen LogP contribution in [0.5, 0.6) is 0 Å². The van der Waals surface area contributed by atoms with Crippen LogP contribution in [0.15, 0.2) is 77.7 Å². The molecule has 2 aromatic carbocycles. The summed E-state index contributed by atoms with van der Waals surface area (Å²) in [4.78, 5) is 15.9. The van der Waals surface area contributed by atoms with Gasteiger partial charge >= 0.3 is 0 Å². The lowest BCUT2D eigenvalue weighted by Gasteiger charge is -2.00. The van der Waals surface area contributed by atoms with E-state index in [1.54, 1.807) is 0 Å². The first-order valence-corrected chi connectivity index (χ1v) is 7.28. The van der Waals surface area contributed by atoms with Gasteiger partial charge in [0.05, 0.1) is 6.54 Å².